The lowest BCUT2D eigenvalue weighted by Gasteiger charge is -2.24. The monoisotopic (exact) mass is 253 g/mol. The van der Waals surface area contributed by atoms with Gasteiger partial charge in [-0.3, -0.25) is 0 Å². The zero-order chi connectivity index (χ0) is 12.7. The maximum Gasteiger partial charge on any atom is 0.190 e. The molecule has 0 saturated heterocycles. The summed E-state index contributed by atoms with van der Waals surface area (Å²) < 4.78 is 1.90. The summed E-state index contributed by atoms with van der Waals surface area (Å²) >= 11 is 1.68. The summed E-state index contributed by atoms with van der Waals surface area (Å²) in [5.74, 6) is 0.956. The van der Waals surface area contributed by atoms with Gasteiger partial charge in [-0.05, 0) is 26.3 Å². The first-order valence-corrected chi connectivity index (χ1v) is 6.73. The maximum absolute atomic E-state index is 9.16. The third-order valence-corrected chi connectivity index (χ3v) is 4.07. The van der Waals surface area contributed by atoms with Gasteiger partial charge in [0, 0.05) is 12.8 Å². The van der Waals surface area contributed by atoms with E-state index in [0.29, 0.717) is 0 Å². The Morgan fingerprint density at radius 1 is 1.65 bits per heavy atom. The van der Waals surface area contributed by atoms with E-state index in [9.17, 15) is 0 Å². The van der Waals surface area contributed by atoms with E-state index in [0.717, 1.165) is 30.2 Å². The van der Waals surface area contributed by atoms with E-state index in [1.807, 2.05) is 25.6 Å². The molecular formula is C11H19N5S. The molecule has 0 saturated carbocycles. The molecule has 94 valence electrons. The molecule has 0 bridgehead atoms. The molecule has 1 atom stereocenters. The van der Waals surface area contributed by atoms with Crippen LogP contribution < -0.4 is 5.32 Å². The largest absolute Gasteiger partial charge is 0.312 e. The summed E-state index contributed by atoms with van der Waals surface area (Å²) in [6.45, 7) is 2.04. The van der Waals surface area contributed by atoms with Crippen molar-refractivity contribution in [3.63, 3.8) is 0 Å². The van der Waals surface area contributed by atoms with E-state index in [1.165, 1.54) is 0 Å². The quantitative estimate of drug-likeness (QED) is 0.590. The van der Waals surface area contributed by atoms with E-state index in [-0.39, 0.29) is 5.54 Å². The summed E-state index contributed by atoms with van der Waals surface area (Å²) in [5.41, 5.74) is -0.375. The van der Waals surface area contributed by atoms with Gasteiger partial charge in [-0.1, -0.05) is 18.7 Å². The number of hydrogen-bond acceptors (Lipinski definition) is 5. The lowest BCUT2D eigenvalue weighted by atomic mass is 9.93. The minimum Gasteiger partial charge on any atom is -0.312 e. The van der Waals surface area contributed by atoms with Crippen molar-refractivity contribution in [3.05, 3.63) is 6.33 Å². The summed E-state index contributed by atoms with van der Waals surface area (Å²) in [5, 5.41) is 21.0. The number of aryl methyl sites for hydroxylation is 1. The summed E-state index contributed by atoms with van der Waals surface area (Å²) in [4.78, 5) is 0. The molecule has 1 unspecified atom stereocenters. The van der Waals surface area contributed by atoms with Crippen LogP contribution in [0.15, 0.2) is 11.5 Å². The molecule has 17 heavy (non-hydrogen) atoms. The molecule has 0 fully saturated rings. The van der Waals surface area contributed by atoms with Gasteiger partial charge in [-0.2, -0.15) is 5.26 Å². The Labute approximate surface area is 107 Å². The highest BCUT2D eigenvalue weighted by atomic mass is 32.2. The van der Waals surface area contributed by atoms with Gasteiger partial charge in [-0.25, -0.2) is 0 Å². The molecule has 1 heterocycles. The molecule has 0 spiro atoms. The molecule has 0 radical (unpaired) electrons. The highest BCUT2D eigenvalue weighted by molar-refractivity contribution is 7.99. The molecule has 0 aliphatic carbocycles. The smallest absolute Gasteiger partial charge is 0.190 e. The van der Waals surface area contributed by atoms with Gasteiger partial charge in [0.1, 0.15) is 11.9 Å². The topological polar surface area (TPSA) is 66.5 Å². The lowest BCUT2D eigenvalue weighted by molar-refractivity contribution is 0.400. The van der Waals surface area contributed by atoms with Crippen molar-refractivity contribution in [2.24, 2.45) is 7.05 Å². The van der Waals surface area contributed by atoms with Gasteiger partial charge in [0.2, 0.25) is 0 Å². The first-order valence-electron chi connectivity index (χ1n) is 5.74. The van der Waals surface area contributed by atoms with Crippen LogP contribution in [0.4, 0.5) is 0 Å². The number of nitrogens with zero attached hydrogens (tertiary/aromatic N) is 4. The molecule has 0 amide bonds. The molecule has 0 aliphatic heterocycles. The van der Waals surface area contributed by atoms with Gasteiger partial charge >= 0.3 is 0 Å². The van der Waals surface area contributed by atoms with E-state index >= 15 is 0 Å². The Morgan fingerprint density at radius 3 is 2.88 bits per heavy atom. The molecule has 1 aromatic rings. The lowest BCUT2D eigenvalue weighted by Crippen LogP contribution is -2.40. The Balaban J connectivity index is 2.33. The van der Waals surface area contributed by atoms with Crippen LogP contribution in [0.2, 0.25) is 0 Å². The Kier molecular flexibility index (Phi) is 5.45. The number of rotatable bonds is 7. The second-order valence-corrected chi connectivity index (χ2v) is 5.04. The third kappa shape index (κ3) is 3.72. The van der Waals surface area contributed by atoms with Gasteiger partial charge in [0.25, 0.3) is 0 Å². The normalized spacial score (nSPS) is 14.2. The summed E-state index contributed by atoms with van der Waals surface area (Å²) in [6, 6.07) is 2.37. The Hall–Kier alpha value is -1.06. The first-order chi connectivity index (χ1) is 8.17. The van der Waals surface area contributed by atoms with Crippen molar-refractivity contribution >= 4 is 11.8 Å². The molecular weight excluding hydrogens is 234 g/mol. The van der Waals surface area contributed by atoms with Crippen molar-refractivity contribution < 1.29 is 0 Å². The predicted octanol–water partition coefficient (Wildman–Crippen LogP) is 1.58. The maximum atomic E-state index is 9.16. The van der Waals surface area contributed by atoms with Gasteiger partial charge < -0.3 is 9.88 Å². The van der Waals surface area contributed by atoms with Crippen molar-refractivity contribution in [2.75, 3.05) is 12.8 Å². The fraction of sp³-hybridized carbons (Fsp3) is 0.727. The van der Waals surface area contributed by atoms with Crippen molar-refractivity contribution in [1.29, 1.82) is 5.26 Å². The molecule has 1 rings (SSSR count). The number of aromatic nitrogens is 3. The van der Waals surface area contributed by atoms with Crippen LogP contribution in [0.3, 0.4) is 0 Å². The van der Waals surface area contributed by atoms with Crippen LogP contribution >= 0.6 is 11.8 Å². The van der Waals surface area contributed by atoms with Crippen LogP contribution in [0.5, 0.6) is 0 Å². The van der Waals surface area contributed by atoms with Gasteiger partial charge in [0.05, 0.1) is 6.07 Å². The summed E-state index contributed by atoms with van der Waals surface area (Å²) in [7, 11) is 3.78. The van der Waals surface area contributed by atoms with Crippen molar-refractivity contribution in [2.45, 2.75) is 36.9 Å². The van der Waals surface area contributed by atoms with Gasteiger partial charge in [-0.15, -0.1) is 10.2 Å². The Morgan fingerprint density at radius 2 is 2.41 bits per heavy atom. The van der Waals surface area contributed by atoms with Crippen LogP contribution in [-0.2, 0) is 7.05 Å². The zero-order valence-corrected chi connectivity index (χ0v) is 11.4. The predicted molar refractivity (Wildman–Crippen MR) is 68.7 cm³/mol. The molecule has 5 nitrogen and oxygen atoms in total. The fourth-order valence-electron chi connectivity index (χ4n) is 1.61. The second-order valence-electron chi connectivity index (χ2n) is 3.97. The first kappa shape index (κ1) is 14.0. The molecule has 1 aromatic heterocycles. The van der Waals surface area contributed by atoms with E-state index in [1.54, 1.807) is 18.1 Å². The van der Waals surface area contributed by atoms with Crippen molar-refractivity contribution in [1.82, 2.24) is 20.1 Å². The number of nitriles is 1. The number of nitrogens with one attached hydrogen (secondary N) is 1. The van der Waals surface area contributed by atoms with Gasteiger partial charge in [0.15, 0.2) is 5.16 Å². The molecule has 0 aromatic carbocycles. The average molecular weight is 253 g/mol. The minimum absolute atomic E-state index is 0.375. The van der Waals surface area contributed by atoms with Crippen LogP contribution in [0.25, 0.3) is 0 Å². The van der Waals surface area contributed by atoms with Crippen LogP contribution in [-0.4, -0.2) is 33.1 Å². The van der Waals surface area contributed by atoms with E-state index in [4.69, 9.17) is 5.26 Å². The number of thioether (sulfide) groups is 1. The molecule has 1 N–H and O–H groups in total. The minimum atomic E-state index is -0.375. The average Bonchev–Trinajstić information content (AvgIpc) is 2.76. The Bertz CT molecular complexity index is 377. The van der Waals surface area contributed by atoms with E-state index < -0.39 is 0 Å². The standard InChI is InChI=1S/C11H19N5S/c1-4-11(8-12,13-2)6-5-7-17-10-15-14-9-16(10)3/h9,13H,4-7H2,1-3H3. The fourth-order valence-corrected chi connectivity index (χ4v) is 2.44. The molecule has 6 heteroatoms. The second kappa shape index (κ2) is 6.62. The van der Waals surface area contributed by atoms with Crippen LogP contribution in [0.1, 0.15) is 26.2 Å². The van der Waals surface area contributed by atoms with E-state index in [2.05, 4.69) is 21.6 Å². The SMILES string of the molecule is CCC(C#N)(CCCSc1nncn1C)NC. The van der Waals surface area contributed by atoms with Crippen molar-refractivity contribution in [3.8, 4) is 6.07 Å². The third-order valence-electron chi connectivity index (χ3n) is 2.95. The summed E-state index contributed by atoms with van der Waals surface area (Å²) in [6.07, 6.45) is 4.37. The highest BCUT2D eigenvalue weighted by Gasteiger charge is 2.24. The number of hydrogen-bond donors (Lipinski definition) is 1. The zero-order valence-electron chi connectivity index (χ0n) is 10.6. The molecule has 0 aliphatic rings. The highest BCUT2D eigenvalue weighted by Crippen LogP contribution is 2.20. The van der Waals surface area contributed by atoms with Crippen LogP contribution in [0, 0.1) is 11.3 Å².